The lowest BCUT2D eigenvalue weighted by Gasteiger charge is -2.33. The summed E-state index contributed by atoms with van der Waals surface area (Å²) in [6, 6.07) is 9.30. The molecule has 0 unspecified atom stereocenters. The summed E-state index contributed by atoms with van der Waals surface area (Å²) in [6.07, 6.45) is -0.0822. The molecular weight excluding hydrogens is 312 g/mol. The Morgan fingerprint density at radius 1 is 1.39 bits per heavy atom. The number of anilines is 1. The normalized spacial score (nSPS) is 16.4. The van der Waals surface area contributed by atoms with E-state index in [0.29, 0.717) is 17.2 Å². The maximum Gasteiger partial charge on any atom is 0.261 e. The molecule has 1 N–H and O–H groups in total. The molecule has 1 aliphatic heterocycles. The van der Waals surface area contributed by atoms with Crippen LogP contribution in [-0.4, -0.2) is 31.0 Å². The van der Waals surface area contributed by atoms with Crippen LogP contribution >= 0.6 is 11.3 Å². The summed E-state index contributed by atoms with van der Waals surface area (Å²) in [4.78, 5) is 26.8. The topological polar surface area (TPSA) is 58.6 Å². The van der Waals surface area contributed by atoms with Gasteiger partial charge in [-0.2, -0.15) is 0 Å². The van der Waals surface area contributed by atoms with Gasteiger partial charge in [-0.05, 0) is 43.0 Å². The third kappa shape index (κ3) is 3.37. The number of rotatable bonds is 3. The first-order chi connectivity index (χ1) is 11.0. The lowest BCUT2D eigenvalue weighted by molar-refractivity contribution is -0.118. The van der Waals surface area contributed by atoms with Crippen LogP contribution in [0.2, 0.25) is 0 Å². The van der Waals surface area contributed by atoms with Crippen molar-refractivity contribution in [1.29, 1.82) is 0 Å². The molecule has 2 heterocycles. The van der Waals surface area contributed by atoms with Crippen molar-refractivity contribution in [2.75, 3.05) is 18.0 Å². The van der Waals surface area contributed by atoms with Gasteiger partial charge in [0.2, 0.25) is 5.91 Å². The number of ether oxygens (including phenoxy) is 1. The number of hydrogen-bond donors (Lipinski definition) is 1. The van der Waals surface area contributed by atoms with Gasteiger partial charge in [-0.25, -0.2) is 0 Å². The minimum absolute atomic E-state index is 0.0310. The van der Waals surface area contributed by atoms with Crippen molar-refractivity contribution < 1.29 is 14.3 Å². The quantitative estimate of drug-likeness (QED) is 0.941. The number of nitrogens with zero attached hydrogens (tertiary/aromatic N) is 1. The first-order valence-corrected chi connectivity index (χ1v) is 8.32. The van der Waals surface area contributed by atoms with E-state index in [1.165, 1.54) is 11.3 Å². The molecule has 0 bridgehead atoms. The highest BCUT2D eigenvalue weighted by Gasteiger charge is 2.27. The fourth-order valence-electron chi connectivity index (χ4n) is 2.53. The Morgan fingerprint density at radius 3 is 2.96 bits per heavy atom. The molecule has 23 heavy (non-hydrogen) atoms. The van der Waals surface area contributed by atoms with Crippen LogP contribution < -0.4 is 15.0 Å². The second kappa shape index (κ2) is 6.42. The summed E-state index contributed by atoms with van der Waals surface area (Å²) in [7, 11) is 0. The summed E-state index contributed by atoms with van der Waals surface area (Å²) in [6.45, 7) is 4.35. The molecule has 0 saturated heterocycles. The highest BCUT2D eigenvalue weighted by molar-refractivity contribution is 7.12. The highest BCUT2D eigenvalue weighted by atomic mass is 32.1. The van der Waals surface area contributed by atoms with Crippen LogP contribution in [0.4, 0.5) is 5.69 Å². The van der Waals surface area contributed by atoms with Gasteiger partial charge in [-0.1, -0.05) is 12.1 Å². The van der Waals surface area contributed by atoms with E-state index < -0.39 is 0 Å². The zero-order valence-corrected chi connectivity index (χ0v) is 13.9. The highest BCUT2D eigenvalue weighted by Crippen LogP contribution is 2.34. The molecule has 1 atom stereocenters. The summed E-state index contributed by atoms with van der Waals surface area (Å²) >= 11 is 1.35. The Balaban J connectivity index is 1.71. The Bertz CT molecular complexity index is 727. The summed E-state index contributed by atoms with van der Waals surface area (Å²) in [5.74, 6) is 0.343. The van der Waals surface area contributed by atoms with Crippen LogP contribution in [0.5, 0.6) is 5.75 Å². The first-order valence-electron chi connectivity index (χ1n) is 7.44. The largest absolute Gasteiger partial charge is 0.487 e. The van der Waals surface area contributed by atoms with Crippen LogP contribution in [0.25, 0.3) is 0 Å². The van der Waals surface area contributed by atoms with Crippen molar-refractivity contribution in [3.05, 3.63) is 46.2 Å². The molecular formula is C17H18N2O3S. The van der Waals surface area contributed by atoms with Gasteiger partial charge in [-0.15, -0.1) is 11.3 Å². The van der Waals surface area contributed by atoms with Crippen LogP contribution in [0, 0.1) is 6.92 Å². The molecule has 120 valence electrons. The molecule has 0 aliphatic carbocycles. The Hall–Kier alpha value is -2.34. The monoisotopic (exact) mass is 330 g/mol. The van der Waals surface area contributed by atoms with Crippen molar-refractivity contribution in [3.8, 4) is 5.75 Å². The maximum atomic E-state index is 12.5. The van der Waals surface area contributed by atoms with E-state index in [-0.39, 0.29) is 24.5 Å². The molecule has 5 nitrogen and oxygen atoms in total. The van der Waals surface area contributed by atoms with Gasteiger partial charge in [0.05, 0.1) is 23.7 Å². The van der Waals surface area contributed by atoms with Crippen molar-refractivity contribution in [2.24, 2.45) is 0 Å². The second-order valence-electron chi connectivity index (χ2n) is 5.56. The Morgan fingerprint density at radius 2 is 2.22 bits per heavy atom. The molecule has 0 radical (unpaired) electrons. The van der Waals surface area contributed by atoms with Crippen molar-refractivity contribution in [2.45, 2.75) is 20.0 Å². The van der Waals surface area contributed by atoms with E-state index >= 15 is 0 Å². The zero-order valence-electron chi connectivity index (χ0n) is 13.0. The second-order valence-corrected chi connectivity index (χ2v) is 6.51. The van der Waals surface area contributed by atoms with E-state index in [1.807, 2.05) is 43.5 Å². The van der Waals surface area contributed by atoms with Gasteiger partial charge < -0.3 is 15.0 Å². The van der Waals surface area contributed by atoms with Gasteiger partial charge in [0, 0.05) is 0 Å². The van der Waals surface area contributed by atoms with Crippen LogP contribution in [0.15, 0.2) is 35.7 Å². The number of carbonyl (C=O) groups is 2. The molecule has 6 heteroatoms. The summed E-state index contributed by atoms with van der Waals surface area (Å²) < 4.78 is 5.80. The van der Waals surface area contributed by atoms with E-state index in [9.17, 15) is 9.59 Å². The zero-order chi connectivity index (χ0) is 16.4. The molecule has 0 saturated carbocycles. The Kier molecular flexibility index (Phi) is 4.34. The summed E-state index contributed by atoms with van der Waals surface area (Å²) in [5.41, 5.74) is 1.83. The number of hydrogen-bond acceptors (Lipinski definition) is 4. The van der Waals surface area contributed by atoms with Crippen molar-refractivity contribution in [3.63, 3.8) is 0 Å². The molecule has 0 spiro atoms. The average Bonchev–Trinajstić information content (AvgIpc) is 3.05. The van der Waals surface area contributed by atoms with Gasteiger partial charge >= 0.3 is 0 Å². The van der Waals surface area contributed by atoms with Crippen LogP contribution in [0.1, 0.15) is 22.2 Å². The number of carbonyl (C=O) groups excluding carboxylic acids is 2. The average molecular weight is 330 g/mol. The van der Waals surface area contributed by atoms with Gasteiger partial charge in [0.15, 0.2) is 0 Å². The predicted molar refractivity (Wildman–Crippen MR) is 90.3 cm³/mol. The molecule has 1 aliphatic rings. The Labute approximate surface area is 138 Å². The van der Waals surface area contributed by atoms with Gasteiger partial charge in [-0.3, -0.25) is 9.59 Å². The minimum atomic E-state index is -0.223. The third-order valence-corrected chi connectivity index (χ3v) is 4.49. The predicted octanol–water partition coefficient (Wildman–Crippen LogP) is 2.60. The lowest BCUT2D eigenvalue weighted by Crippen LogP contribution is -2.46. The van der Waals surface area contributed by atoms with Crippen LogP contribution in [0.3, 0.4) is 0 Å². The molecule has 2 aromatic rings. The van der Waals surface area contributed by atoms with Gasteiger partial charge in [0.25, 0.3) is 5.91 Å². The van der Waals surface area contributed by atoms with Crippen molar-refractivity contribution in [1.82, 2.24) is 5.32 Å². The van der Waals surface area contributed by atoms with E-state index in [1.54, 1.807) is 11.0 Å². The maximum absolute atomic E-state index is 12.5. The number of thiophene rings is 1. The minimum Gasteiger partial charge on any atom is -0.487 e. The number of benzene rings is 1. The molecule has 2 amide bonds. The van der Waals surface area contributed by atoms with Gasteiger partial charge in [0.1, 0.15) is 11.9 Å². The first kappa shape index (κ1) is 15.6. The van der Waals surface area contributed by atoms with E-state index in [2.05, 4.69) is 5.32 Å². The molecule has 3 rings (SSSR count). The fourth-order valence-corrected chi connectivity index (χ4v) is 3.17. The van der Waals surface area contributed by atoms with Crippen LogP contribution in [-0.2, 0) is 4.79 Å². The third-order valence-electron chi connectivity index (χ3n) is 3.62. The smallest absolute Gasteiger partial charge is 0.261 e. The number of nitrogens with one attached hydrogen (secondary N) is 1. The molecule has 1 aromatic heterocycles. The fraction of sp³-hybridized carbons (Fsp3) is 0.294. The summed E-state index contributed by atoms with van der Waals surface area (Å²) in [5, 5.41) is 4.51. The number of aryl methyl sites for hydroxylation is 1. The standard InChI is InChI=1S/C17H18N2O3S/c1-11-5-6-13-14(8-11)22-12(2)10-19(13)16(20)9-18-17(21)15-4-3-7-23-15/h3-8,12H,9-10H2,1-2H3,(H,18,21)/t12-/m0/s1. The number of fused-ring (bicyclic) bond motifs is 1. The molecule has 0 fully saturated rings. The SMILES string of the molecule is Cc1ccc2c(c1)O[C@@H](C)CN2C(=O)CNC(=O)c1cccs1. The van der Waals surface area contributed by atoms with E-state index in [4.69, 9.17) is 4.74 Å². The van der Waals surface area contributed by atoms with Crippen molar-refractivity contribution >= 4 is 28.8 Å². The number of amides is 2. The molecule has 1 aromatic carbocycles. The lowest BCUT2D eigenvalue weighted by atomic mass is 10.1. The van der Waals surface area contributed by atoms with E-state index in [0.717, 1.165) is 11.3 Å².